The average Bonchev–Trinajstić information content (AvgIpc) is 3.44. The van der Waals surface area contributed by atoms with Crippen molar-refractivity contribution in [2.75, 3.05) is 0 Å². The van der Waals surface area contributed by atoms with Crippen LogP contribution in [0, 0.1) is 5.92 Å². The number of H-pyrrole nitrogens is 1. The molecule has 5 rings (SSSR count). The average molecular weight is 449 g/mol. The fraction of sp³-hybridized carbons (Fsp3) is 0.286. The third-order valence-corrected chi connectivity index (χ3v) is 5.51. The Morgan fingerprint density at radius 1 is 1.19 bits per heavy atom. The molecule has 1 aliphatic carbocycles. The van der Waals surface area contributed by atoms with Gasteiger partial charge in [-0.25, -0.2) is 9.67 Å². The highest BCUT2D eigenvalue weighted by Gasteiger charge is 2.32. The van der Waals surface area contributed by atoms with E-state index in [-0.39, 0.29) is 22.5 Å². The number of alkyl halides is 3. The van der Waals surface area contributed by atoms with Gasteiger partial charge in [0, 0.05) is 18.0 Å². The van der Waals surface area contributed by atoms with Crippen molar-refractivity contribution >= 4 is 33.4 Å². The molecule has 0 saturated heterocycles. The molecular formula is C21H16ClF3N4O2. The third kappa shape index (κ3) is 4.10. The van der Waals surface area contributed by atoms with Crippen LogP contribution in [0.5, 0.6) is 5.75 Å². The van der Waals surface area contributed by atoms with Gasteiger partial charge in [-0.05, 0) is 30.9 Å². The molecule has 6 nitrogen and oxygen atoms in total. The zero-order chi connectivity index (χ0) is 21.8. The molecule has 2 heterocycles. The molecule has 1 saturated carbocycles. The number of ether oxygens (including phenoxy) is 1. The summed E-state index contributed by atoms with van der Waals surface area (Å²) in [5, 5.41) is 5.69. The summed E-state index contributed by atoms with van der Waals surface area (Å²) in [6.07, 6.45) is -2.41. The molecular weight excluding hydrogens is 433 g/mol. The maximum Gasteiger partial charge on any atom is 0.573 e. The van der Waals surface area contributed by atoms with Crippen LogP contribution < -0.4 is 10.3 Å². The lowest BCUT2D eigenvalue weighted by molar-refractivity contribution is -0.274. The van der Waals surface area contributed by atoms with Gasteiger partial charge >= 0.3 is 6.36 Å². The van der Waals surface area contributed by atoms with E-state index < -0.39 is 12.1 Å². The van der Waals surface area contributed by atoms with Crippen molar-refractivity contribution in [2.45, 2.75) is 32.2 Å². The van der Waals surface area contributed by atoms with Crippen LogP contribution in [0.2, 0.25) is 5.02 Å². The van der Waals surface area contributed by atoms with E-state index in [4.69, 9.17) is 11.6 Å². The Balaban J connectivity index is 1.54. The van der Waals surface area contributed by atoms with Crippen LogP contribution in [0.25, 0.3) is 21.8 Å². The summed E-state index contributed by atoms with van der Waals surface area (Å²) in [4.78, 5) is 20.2. The fourth-order valence-corrected chi connectivity index (χ4v) is 3.82. The van der Waals surface area contributed by atoms with Gasteiger partial charge in [-0.1, -0.05) is 29.8 Å². The van der Waals surface area contributed by atoms with Gasteiger partial charge in [-0.2, -0.15) is 5.10 Å². The standard InChI is InChI=1S/C21H16ClF3N4O2/c22-14-7-16-17(8-18(14)31-21(23,24)25)27-19(26-16)9-15-12-3-1-2-4-13(12)20(30)29(28-15)10-11-5-6-11/h1-4,7-8,11H,5-6,9-10H2,(H,26,27). The minimum absolute atomic E-state index is 0.128. The zero-order valence-corrected chi connectivity index (χ0v) is 16.8. The largest absolute Gasteiger partial charge is 0.573 e. The van der Waals surface area contributed by atoms with Crippen LogP contribution >= 0.6 is 11.6 Å². The first-order valence-electron chi connectivity index (χ1n) is 9.69. The summed E-state index contributed by atoms with van der Waals surface area (Å²) < 4.78 is 43.2. The molecule has 31 heavy (non-hydrogen) atoms. The summed E-state index contributed by atoms with van der Waals surface area (Å²) >= 11 is 5.93. The molecule has 0 spiro atoms. The van der Waals surface area contributed by atoms with E-state index in [1.165, 1.54) is 10.7 Å². The van der Waals surface area contributed by atoms with Crippen molar-refractivity contribution in [2.24, 2.45) is 5.92 Å². The molecule has 1 fully saturated rings. The molecule has 0 unspecified atom stereocenters. The van der Waals surface area contributed by atoms with E-state index in [2.05, 4.69) is 19.8 Å². The zero-order valence-electron chi connectivity index (χ0n) is 16.0. The number of fused-ring (bicyclic) bond motifs is 2. The number of hydrogen-bond acceptors (Lipinski definition) is 4. The summed E-state index contributed by atoms with van der Waals surface area (Å²) in [6.45, 7) is 0.574. The first-order valence-corrected chi connectivity index (χ1v) is 10.1. The summed E-state index contributed by atoms with van der Waals surface area (Å²) in [5.74, 6) is 0.449. The number of nitrogens with zero attached hydrogens (tertiary/aromatic N) is 3. The molecule has 2 aromatic carbocycles. The van der Waals surface area contributed by atoms with Gasteiger partial charge in [0.05, 0.1) is 33.6 Å². The third-order valence-electron chi connectivity index (χ3n) is 5.22. The SMILES string of the molecule is O=c1c2ccccc2c(Cc2nc3cc(OC(F)(F)F)c(Cl)cc3[nH]2)nn1CC1CC1. The summed E-state index contributed by atoms with van der Waals surface area (Å²) in [5.41, 5.74) is 1.30. The Bertz CT molecular complexity index is 1360. The first kappa shape index (κ1) is 19.9. The van der Waals surface area contributed by atoms with Crippen molar-refractivity contribution < 1.29 is 17.9 Å². The second kappa shape index (κ2) is 7.26. The molecule has 0 bridgehead atoms. The predicted molar refractivity (Wildman–Crippen MR) is 109 cm³/mol. The number of imidazole rings is 1. The monoisotopic (exact) mass is 448 g/mol. The highest BCUT2D eigenvalue weighted by molar-refractivity contribution is 6.32. The Hall–Kier alpha value is -3.07. The second-order valence-corrected chi connectivity index (χ2v) is 8.04. The van der Waals surface area contributed by atoms with E-state index in [0.29, 0.717) is 34.9 Å². The number of aromatic amines is 1. The van der Waals surface area contributed by atoms with E-state index in [1.54, 1.807) is 12.1 Å². The van der Waals surface area contributed by atoms with Gasteiger partial charge in [0.1, 0.15) is 11.6 Å². The number of aromatic nitrogens is 4. The topological polar surface area (TPSA) is 72.8 Å². The fourth-order valence-electron chi connectivity index (χ4n) is 3.61. The maximum absolute atomic E-state index is 12.8. The molecule has 0 aliphatic heterocycles. The minimum Gasteiger partial charge on any atom is -0.404 e. The van der Waals surface area contributed by atoms with Crippen LogP contribution in [0.4, 0.5) is 13.2 Å². The van der Waals surface area contributed by atoms with Crippen LogP contribution in [0.1, 0.15) is 24.4 Å². The summed E-state index contributed by atoms with van der Waals surface area (Å²) in [7, 11) is 0. The van der Waals surface area contributed by atoms with Crippen molar-refractivity contribution in [3.05, 3.63) is 63.3 Å². The van der Waals surface area contributed by atoms with E-state index in [9.17, 15) is 18.0 Å². The maximum atomic E-state index is 12.8. The molecule has 0 radical (unpaired) electrons. The normalized spacial score (nSPS) is 14.5. The van der Waals surface area contributed by atoms with Gasteiger partial charge in [-0.15, -0.1) is 13.2 Å². The van der Waals surface area contributed by atoms with Crippen molar-refractivity contribution in [3.8, 4) is 5.75 Å². The molecule has 1 aliphatic rings. The van der Waals surface area contributed by atoms with Gasteiger partial charge in [0.2, 0.25) is 0 Å². The molecule has 0 amide bonds. The molecule has 160 valence electrons. The van der Waals surface area contributed by atoms with Crippen LogP contribution in [0.15, 0.2) is 41.2 Å². The second-order valence-electron chi connectivity index (χ2n) is 7.63. The minimum atomic E-state index is -4.85. The van der Waals surface area contributed by atoms with Crippen LogP contribution in [0.3, 0.4) is 0 Å². The number of rotatable bonds is 5. The number of halogens is 4. The number of hydrogen-bond donors (Lipinski definition) is 1. The predicted octanol–water partition coefficient (Wildman–Crippen LogP) is 4.83. The Kier molecular flexibility index (Phi) is 4.65. The lowest BCUT2D eigenvalue weighted by Gasteiger charge is -2.10. The highest BCUT2D eigenvalue weighted by atomic mass is 35.5. The smallest absolute Gasteiger partial charge is 0.404 e. The Morgan fingerprint density at radius 2 is 1.94 bits per heavy atom. The Labute approximate surface area is 178 Å². The van der Waals surface area contributed by atoms with E-state index >= 15 is 0 Å². The highest BCUT2D eigenvalue weighted by Crippen LogP contribution is 2.33. The number of benzene rings is 2. The van der Waals surface area contributed by atoms with Crippen LogP contribution in [-0.4, -0.2) is 26.1 Å². The van der Waals surface area contributed by atoms with E-state index in [0.717, 1.165) is 24.3 Å². The van der Waals surface area contributed by atoms with Gasteiger partial charge in [-0.3, -0.25) is 4.79 Å². The molecule has 1 N–H and O–H groups in total. The molecule has 0 atom stereocenters. The van der Waals surface area contributed by atoms with Gasteiger partial charge < -0.3 is 9.72 Å². The van der Waals surface area contributed by atoms with Crippen molar-refractivity contribution in [3.63, 3.8) is 0 Å². The quantitative estimate of drug-likeness (QED) is 0.475. The molecule has 10 heteroatoms. The molecule has 4 aromatic rings. The summed E-state index contributed by atoms with van der Waals surface area (Å²) in [6, 6.07) is 9.72. The van der Waals surface area contributed by atoms with E-state index in [1.807, 2.05) is 12.1 Å². The number of nitrogens with one attached hydrogen (secondary N) is 1. The van der Waals surface area contributed by atoms with Crippen molar-refractivity contribution in [1.29, 1.82) is 0 Å². The lowest BCUT2D eigenvalue weighted by atomic mass is 10.1. The Morgan fingerprint density at radius 3 is 2.65 bits per heavy atom. The first-order chi connectivity index (χ1) is 14.8. The van der Waals surface area contributed by atoms with Crippen LogP contribution in [-0.2, 0) is 13.0 Å². The lowest BCUT2D eigenvalue weighted by Crippen LogP contribution is -2.25. The van der Waals surface area contributed by atoms with Gasteiger partial charge in [0.25, 0.3) is 5.56 Å². The van der Waals surface area contributed by atoms with Gasteiger partial charge in [0.15, 0.2) is 0 Å². The molecule has 2 aromatic heterocycles. The van der Waals surface area contributed by atoms with Crippen molar-refractivity contribution in [1.82, 2.24) is 19.7 Å².